The fourth-order valence-electron chi connectivity index (χ4n) is 4.09. The Morgan fingerprint density at radius 2 is 1.45 bits per heavy atom. The number of fused-ring (bicyclic) bond motifs is 1. The highest BCUT2D eigenvalue weighted by molar-refractivity contribution is 6.42. The van der Waals surface area contributed by atoms with Gasteiger partial charge in [0.2, 0.25) is 5.91 Å². The molecular weight excluding hydrogens is 459 g/mol. The molecule has 2 heterocycles. The van der Waals surface area contributed by atoms with Gasteiger partial charge in [0.05, 0.1) is 27.5 Å². The average Bonchev–Trinajstić information content (AvgIpc) is 3.28. The molecule has 2 fully saturated rings. The topological polar surface area (TPSA) is 49.9 Å². The third kappa shape index (κ3) is 3.38. The minimum absolute atomic E-state index is 0.262. The van der Waals surface area contributed by atoms with Crippen LogP contribution in [-0.2, 0) is 14.4 Å². The molecule has 31 heavy (non-hydrogen) atoms. The molecule has 2 saturated heterocycles. The molecule has 0 spiro atoms. The van der Waals surface area contributed by atoms with E-state index >= 15 is 0 Å². The number of benzene rings is 3. The molecular formula is C23H15Cl3N2O3. The molecule has 3 aromatic rings. The summed E-state index contributed by atoms with van der Waals surface area (Å²) in [5.41, 5.74) is 1.93. The Morgan fingerprint density at radius 3 is 2.13 bits per heavy atom. The lowest BCUT2D eigenvalue weighted by Gasteiger charge is -2.28. The quantitative estimate of drug-likeness (QED) is 0.458. The summed E-state index contributed by atoms with van der Waals surface area (Å²) in [5.74, 6) is -1.53. The van der Waals surface area contributed by atoms with Gasteiger partial charge in [0.25, 0.3) is 5.91 Å². The lowest BCUT2D eigenvalue weighted by Crippen LogP contribution is -2.37. The van der Waals surface area contributed by atoms with E-state index in [1.54, 1.807) is 29.3 Å². The van der Waals surface area contributed by atoms with Crippen LogP contribution in [-0.4, -0.2) is 17.9 Å². The monoisotopic (exact) mass is 472 g/mol. The van der Waals surface area contributed by atoms with Crippen molar-refractivity contribution >= 4 is 58.0 Å². The molecule has 3 atom stereocenters. The molecule has 8 heteroatoms. The van der Waals surface area contributed by atoms with E-state index in [2.05, 4.69) is 0 Å². The highest BCUT2D eigenvalue weighted by atomic mass is 35.5. The standard InChI is InChI=1S/C23H15Cl3N2O3/c24-14-8-6-13(7-9-14)20-19-21(31-28(20)15-4-2-1-3-5-15)23(30)27(22(19)29)16-10-11-17(25)18(26)12-16/h1-12,19-21H. The molecule has 0 aromatic heterocycles. The highest BCUT2D eigenvalue weighted by Gasteiger charge is 2.60. The first-order valence-corrected chi connectivity index (χ1v) is 10.7. The lowest BCUT2D eigenvalue weighted by atomic mass is 9.90. The lowest BCUT2D eigenvalue weighted by molar-refractivity contribution is -0.126. The summed E-state index contributed by atoms with van der Waals surface area (Å²) < 4.78 is 0. The Bertz CT molecular complexity index is 1170. The van der Waals surface area contributed by atoms with E-state index in [4.69, 9.17) is 39.6 Å². The number of hydrogen-bond donors (Lipinski definition) is 0. The van der Waals surface area contributed by atoms with Crippen molar-refractivity contribution in [1.82, 2.24) is 0 Å². The molecule has 0 N–H and O–H groups in total. The second kappa shape index (κ2) is 7.84. The molecule has 3 aromatic carbocycles. The number of nitrogens with zero attached hydrogens (tertiary/aromatic N) is 2. The molecule has 0 aliphatic carbocycles. The molecule has 2 aliphatic rings. The maximum atomic E-state index is 13.5. The van der Waals surface area contributed by atoms with Crippen LogP contribution < -0.4 is 9.96 Å². The van der Waals surface area contributed by atoms with Crippen molar-refractivity contribution in [3.05, 3.63) is 93.4 Å². The van der Waals surface area contributed by atoms with Gasteiger partial charge in [-0.3, -0.25) is 14.4 Å². The highest BCUT2D eigenvalue weighted by Crippen LogP contribution is 2.48. The number of hydrogen-bond acceptors (Lipinski definition) is 4. The Morgan fingerprint density at radius 1 is 0.742 bits per heavy atom. The van der Waals surface area contributed by atoms with Crippen LogP contribution in [0.15, 0.2) is 72.8 Å². The van der Waals surface area contributed by atoms with E-state index in [0.29, 0.717) is 15.7 Å². The summed E-state index contributed by atoms with van der Waals surface area (Å²) in [4.78, 5) is 34.0. The molecule has 0 bridgehead atoms. The summed E-state index contributed by atoms with van der Waals surface area (Å²) in [6.45, 7) is 0. The second-order valence-electron chi connectivity index (χ2n) is 7.32. The molecule has 2 amide bonds. The van der Waals surface area contributed by atoms with Crippen molar-refractivity contribution in [1.29, 1.82) is 0 Å². The van der Waals surface area contributed by atoms with Crippen molar-refractivity contribution in [3.8, 4) is 0 Å². The maximum absolute atomic E-state index is 13.5. The fraction of sp³-hybridized carbons (Fsp3) is 0.130. The number of halogens is 3. The molecule has 5 nitrogen and oxygen atoms in total. The fourth-order valence-corrected chi connectivity index (χ4v) is 4.51. The van der Waals surface area contributed by atoms with E-state index in [9.17, 15) is 9.59 Å². The maximum Gasteiger partial charge on any atom is 0.266 e. The van der Waals surface area contributed by atoms with Crippen LogP contribution >= 0.6 is 34.8 Å². The zero-order valence-corrected chi connectivity index (χ0v) is 18.2. The Hall–Kier alpha value is -2.57. The van der Waals surface area contributed by atoms with E-state index < -0.39 is 24.0 Å². The van der Waals surface area contributed by atoms with Crippen molar-refractivity contribution in [3.63, 3.8) is 0 Å². The van der Waals surface area contributed by atoms with Crippen molar-refractivity contribution in [2.75, 3.05) is 9.96 Å². The van der Waals surface area contributed by atoms with Gasteiger partial charge in [0, 0.05) is 5.02 Å². The number of anilines is 2. The summed E-state index contributed by atoms with van der Waals surface area (Å²) in [6.07, 6.45) is -0.956. The molecule has 156 valence electrons. The van der Waals surface area contributed by atoms with E-state index in [1.165, 1.54) is 6.07 Å². The van der Waals surface area contributed by atoms with Gasteiger partial charge in [0.1, 0.15) is 5.92 Å². The molecule has 3 unspecified atom stereocenters. The molecule has 0 saturated carbocycles. The van der Waals surface area contributed by atoms with E-state index in [0.717, 1.165) is 16.2 Å². The van der Waals surface area contributed by atoms with Gasteiger partial charge in [-0.2, -0.15) is 0 Å². The minimum Gasteiger partial charge on any atom is -0.273 e. The summed E-state index contributed by atoms with van der Waals surface area (Å²) in [6, 6.07) is 20.7. The number of imide groups is 1. The number of carbonyl (C=O) groups excluding carboxylic acids is 2. The van der Waals surface area contributed by atoms with Crippen LogP contribution in [0.5, 0.6) is 0 Å². The summed E-state index contributed by atoms with van der Waals surface area (Å²) >= 11 is 18.2. The van der Waals surface area contributed by atoms with Crippen molar-refractivity contribution in [2.24, 2.45) is 5.92 Å². The Balaban J connectivity index is 1.58. The van der Waals surface area contributed by atoms with Gasteiger partial charge in [-0.05, 0) is 48.0 Å². The van der Waals surface area contributed by atoms with Crippen LogP contribution in [0.1, 0.15) is 11.6 Å². The molecule has 0 radical (unpaired) electrons. The van der Waals surface area contributed by atoms with Crippen LogP contribution in [0.4, 0.5) is 11.4 Å². The van der Waals surface area contributed by atoms with Crippen LogP contribution in [0, 0.1) is 5.92 Å². The van der Waals surface area contributed by atoms with Gasteiger partial charge in [-0.25, -0.2) is 9.96 Å². The smallest absolute Gasteiger partial charge is 0.266 e. The number of hydroxylamine groups is 1. The predicted octanol–water partition coefficient (Wildman–Crippen LogP) is 5.70. The normalized spacial score (nSPS) is 22.9. The molecule has 2 aliphatic heterocycles. The van der Waals surface area contributed by atoms with Gasteiger partial charge in [0.15, 0.2) is 6.10 Å². The van der Waals surface area contributed by atoms with Crippen LogP contribution in [0.2, 0.25) is 15.1 Å². The van der Waals surface area contributed by atoms with Crippen molar-refractivity contribution in [2.45, 2.75) is 12.1 Å². The summed E-state index contributed by atoms with van der Waals surface area (Å²) in [5, 5.41) is 2.82. The van der Waals surface area contributed by atoms with Gasteiger partial charge < -0.3 is 0 Å². The third-order valence-corrected chi connectivity index (χ3v) is 6.49. The number of amides is 2. The average molecular weight is 474 g/mol. The Labute approximate surface area is 193 Å². The third-order valence-electron chi connectivity index (χ3n) is 5.50. The largest absolute Gasteiger partial charge is 0.273 e. The first-order chi connectivity index (χ1) is 15.0. The number of rotatable bonds is 3. The SMILES string of the molecule is O=C1C2ON(c3ccccc3)C(c3ccc(Cl)cc3)C2C(=O)N1c1ccc(Cl)c(Cl)c1. The number of para-hydroxylation sites is 1. The van der Waals surface area contributed by atoms with Crippen LogP contribution in [0.25, 0.3) is 0 Å². The zero-order valence-electron chi connectivity index (χ0n) is 15.9. The predicted molar refractivity (Wildman–Crippen MR) is 120 cm³/mol. The van der Waals surface area contributed by atoms with Gasteiger partial charge in [-0.15, -0.1) is 0 Å². The molecule has 5 rings (SSSR count). The van der Waals surface area contributed by atoms with Gasteiger partial charge in [-0.1, -0.05) is 65.1 Å². The zero-order chi connectivity index (χ0) is 21.7. The number of carbonyl (C=O) groups is 2. The van der Waals surface area contributed by atoms with E-state index in [-0.39, 0.29) is 10.9 Å². The second-order valence-corrected chi connectivity index (χ2v) is 8.57. The minimum atomic E-state index is -0.956. The Kier molecular flexibility index (Phi) is 5.15. The van der Waals surface area contributed by atoms with Crippen molar-refractivity contribution < 1.29 is 14.4 Å². The summed E-state index contributed by atoms with van der Waals surface area (Å²) in [7, 11) is 0. The van der Waals surface area contributed by atoms with Crippen LogP contribution in [0.3, 0.4) is 0 Å². The first kappa shape index (κ1) is 20.3. The first-order valence-electron chi connectivity index (χ1n) is 9.55. The van der Waals surface area contributed by atoms with E-state index in [1.807, 2.05) is 42.5 Å². The van der Waals surface area contributed by atoms with Gasteiger partial charge >= 0.3 is 0 Å².